The van der Waals surface area contributed by atoms with Gasteiger partial charge in [0, 0.05) is 34.1 Å². The van der Waals surface area contributed by atoms with Crippen LogP contribution in [0.2, 0.25) is 0 Å². The molecule has 0 spiro atoms. The Hall–Kier alpha value is -6.78. The molecule has 4 nitrogen and oxygen atoms in total. The number of benzene rings is 7. The van der Waals surface area contributed by atoms with E-state index in [1.807, 2.05) is 13.8 Å². The fourth-order valence-corrected chi connectivity index (χ4v) is 8.12. The number of anilines is 6. The molecule has 0 radical (unpaired) electrons. The largest absolute Gasteiger partial charge is 0.494 e. The molecule has 0 aromatic heterocycles. The van der Waals surface area contributed by atoms with Crippen LogP contribution in [-0.2, 0) is 0 Å². The lowest BCUT2D eigenvalue weighted by molar-refractivity contribution is 0.337. The van der Waals surface area contributed by atoms with E-state index in [9.17, 15) is 0 Å². The van der Waals surface area contributed by atoms with Crippen LogP contribution in [0.15, 0.2) is 146 Å². The fourth-order valence-electron chi connectivity index (χ4n) is 8.12. The standard InChI is InChI=1S/C60H64N2O2/c1-11-63-59-38-49(18-16-43(59)7)22-20-47-24-30-53(31-25-47)61(57-34-28-51(41(3)4)36-45(57)9)55-14-13-15-56(40-55)62(58-35-29-52(42(5)6)37-46(58)10)54-32-26-48(27-33-54)21-23-50-19-17-44(8)60(39-50)64-12-2/h13-42H,11-12H2,1-10H3/b22-20+,23-21+. The topological polar surface area (TPSA) is 24.9 Å². The molecule has 0 aliphatic rings. The Bertz CT molecular complexity index is 2550. The molecule has 0 bridgehead atoms. The van der Waals surface area contributed by atoms with Crippen molar-refractivity contribution in [3.05, 3.63) is 201 Å². The molecule has 326 valence electrons. The van der Waals surface area contributed by atoms with Crippen LogP contribution >= 0.6 is 0 Å². The molecule has 7 aromatic carbocycles. The van der Waals surface area contributed by atoms with Gasteiger partial charge in [0.1, 0.15) is 11.5 Å². The van der Waals surface area contributed by atoms with Gasteiger partial charge in [0.15, 0.2) is 0 Å². The Balaban J connectivity index is 1.28. The Morgan fingerprint density at radius 1 is 0.391 bits per heavy atom. The monoisotopic (exact) mass is 844 g/mol. The first kappa shape index (κ1) is 45.3. The van der Waals surface area contributed by atoms with Gasteiger partial charge in [-0.3, -0.25) is 0 Å². The second kappa shape index (κ2) is 20.6. The molecule has 64 heavy (non-hydrogen) atoms. The highest BCUT2D eigenvalue weighted by molar-refractivity contribution is 5.85. The Morgan fingerprint density at radius 2 is 0.766 bits per heavy atom. The number of rotatable bonds is 16. The van der Waals surface area contributed by atoms with E-state index in [0.29, 0.717) is 25.0 Å². The van der Waals surface area contributed by atoms with Crippen molar-refractivity contribution in [1.29, 1.82) is 0 Å². The van der Waals surface area contributed by atoms with Crippen LogP contribution < -0.4 is 19.3 Å². The minimum Gasteiger partial charge on any atom is -0.494 e. The molecule has 7 aromatic rings. The van der Waals surface area contributed by atoms with E-state index < -0.39 is 0 Å². The highest BCUT2D eigenvalue weighted by Gasteiger charge is 2.20. The van der Waals surface area contributed by atoms with Crippen molar-refractivity contribution < 1.29 is 9.47 Å². The number of hydrogen-bond acceptors (Lipinski definition) is 4. The van der Waals surface area contributed by atoms with Gasteiger partial charge in [-0.1, -0.05) is 131 Å². The summed E-state index contributed by atoms with van der Waals surface area (Å²) in [6.07, 6.45) is 8.65. The number of ether oxygens (including phenoxy) is 2. The highest BCUT2D eigenvalue weighted by atomic mass is 16.5. The second-order valence-corrected chi connectivity index (χ2v) is 17.4. The van der Waals surface area contributed by atoms with Crippen molar-refractivity contribution in [3.8, 4) is 11.5 Å². The second-order valence-electron chi connectivity index (χ2n) is 17.4. The van der Waals surface area contributed by atoms with Crippen LogP contribution in [-0.4, -0.2) is 13.2 Å². The van der Waals surface area contributed by atoms with Crippen molar-refractivity contribution in [2.75, 3.05) is 23.0 Å². The van der Waals surface area contributed by atoms with Crippen LogP contribution in [0.5, 0.6) is 11.5 Å². The molecule has 0 unspecified atom stereocenters. The molecule has 4 heteroatoms. The predicted molar refractivity (Wildman–Crippen MR) is 276 cm³/mol. The van der Waals surface area contributed by atoms with Gasteiger partial charge in [-0.05, 0) is 176 Å². The Labute approximate surface area is 383 Å². The third-order valence-electron chi connectivity index (χ3n) is 11.9. The first-order valence-corrected chi connectivity index (χ1v) is 22.9. The minimum atomic E-state index is 0.436. The van der Waals surface area contributed by atoms with E-state index in [1.165, 1.54) is 22.3 Å². The normalized spacial score (nSPS) is 11.6. The molecule has 0 aliphatic carbocycles. The zero-order chi connectivity index (χ0) is 45.3. The summed E-state index contributed by atoms with van der Waals surface area (Å²) < 4.78 is 11.7. The van der Waals surface area contributed by atoms with Crippen molar-refractivity contribution >= 4 is 58.4 Å². The van der Waals surface area contributed by atoms with Gasteiger partial charge in [0.25, 0.3) is 0 Å². The smallest absolute Gasteiger partial charge is 0.122 e. The summed E-state index contributed by atoms with van der Waals surface area (Å²) >= 11 is 0. The van der Waals surface area contributed by atoms with Gasteiger partial charge in [0.2, 0.25) is 0 Å². The average molecular weight is 845 g/mol. The highest BCUT2D eigenvalue weighted by Crippen LogP contribution is 2.43. The molecular formula is C60H64N2O2. The molecule has 0 amide bonds. The average Bonchev–Trinajstić information content (AvgIpc) is 3.29. The predicted octanol–water partition coefficient (Wildman–Crippen LogP) is 17.2. The van der Waals surface area contributed by atoms with E-state index in [1.54, 1.807) is 0 Å². The van der Waals surface area contributed by atoms with Crippen LogP contribution in [0.1, 0.15) is 109 Å². The number of aryl methyl sites for hydroxylation is 4. The maximum atomic E-state index is 5.87. The van der Waals surface area contributed by atoms with Gasteiger partial charge in [-0.2, -0.15) is 0 Å². The lowest BCUT2D eigenvalue weighted by Gasteiger charge is -2.31. The first-order valence-electron chi connectivity index (χ1n) is 22.9. The van der Waals surface area contributed by atoms with Gasteiger partial charge < -0.3 is 19.3 Å². The molecular weight excluding hydrogens is 781 g/mol. The van der Waals surface area contributed by atoms with Crippen LogP contribution in [0.25, 0.3) is 24.3 Å². The molecule has 0 N–H and O–H groups in total. The maximum Gasteiger partial charge on any atom is 0.122 e. The van der Waals surface area contributed by atoms with Gasteiger partial charge in [-0.25, -0.2) is 0 Å². The minimum absolute atomic E-state index is 0.436. The summed E-state index contributed by atoms with van der Waals surface area (Å²) in [6.45, 7) is 23.0. The van der Waals surface area contributed by atoms with Gasteiger partial charge in [0.05, 0.1) is 13.2 Å². The van der Waals surface area contributed by atoms with Crippen LogP contribution in [0, 0.1) is 27.7 Å². The maximum absolute atomic E-state index is 5.87. The summed E-state index contributed by atoms with van der Waals surface area (Å²) in [5, 5.41) is 0. The van der Waals surface area contributed by atoms with E-state index in [0.717, 1.165) is 79.0 Å². The molecule has 0 aliphatic heterocycles. The lowest BCUT2D eigenvalue weighted by atomic mass is 9.99. The Morgan fingerprint density at radius 3 is 1.12 bits per heavy atom. The molecule has 0 saturated heterocycles. The van der Waals surface area contributed by atoms with E-state index in [-0.39, 0.29) is 0 Å². The van der Waals surface area contributed by atoms with E-state index in [4.69, 9.17) is 9.47 Å². The van der Waals surface area contributed by atoms with Crippen LogP contribution in [0.3, 0.4) is 0 Å². The lowest BCUT2D eigenvalue weighted by Crippen LogP contribution is -2.15. The fraction of sp³-hybridized carbons (Fsp3) is 0.233. The molecule has 0 saturated carbocycles. The zero-order valence-electron chi connectivity index (χ0n) is 39.4. The van der Waals surface area contributed by atoms with E-state index in [2.05, 4.69) is 235 Å². The summed E-state index contributed by atoms with van der Waals surface area (Å²) in [6, 6.07) is 53.3. The van der Waals surface area contributed by atoms with Gasteiger partial charge in [-0.15, -0.1) is 0 Å². The molecule has 7 rings (SSSR count). The summed E-state index contributed by atoms with van der Waals surface area (Å²) in [5.74, 6) is 2.73. The summed E-state index contributed by atoms with van der Waals surface area (Å²) in [4.78, 5) is 4.79. The molecule has 0 atom stereocenters. The summed E-state index contributed by atoms with van der Waals surface area (Å²) in [7, 11) is 0. The summed E-state index contributed by atoms with van der Waals surface area (Å²) in [5.41, 5.74) is 18.5. The first-order chi connectivity index (χ1) is 30.9. The molecule has 0 heterocycles. The quantitative estimate of drug-likeness (QED) is 0.0905. The third-order valence-corrected chi connectivity index (χ3v) is 11.9. The van der Waals surface area contributed by atoms with Crippen molar-refractivity contribution in [2.45, 2.75) is 81.1 Å². The van der Waals surface area contributed by atoms with Crippen molar-refractivity contribution in [3.63, 3.8) is 0 Å². The SMILES string of the molecule is CCOc1cc(/C=C/c2ccc(N(c3cccc(N(c4ccc(/C=C/c5ccc(C)c(OCC)c5)cc4)c4ccc(C(C)C)cc4C)c3)c3ccc(C(C)C)cc3C)cc2)ccc1C. The number of hydrogen-bond donors (Lipinski definition) is 0. The van der Waals surface area contributed by atoms with Crippen molar-refractivity contribution in [2.24, 2.45) is 0 Å². The van der Waals surface area contributed by atoms with Crippen LogP contribution in [0.4, 0.5) is 34.1 Å². The Kier molecular flexibility index (Phi) is 14.6. The number of nitrogens with zero attached hydrogens (tertiary/aromatic N) is 2. The van der Waals surface area contributed by atoms with Gasteiger partial charge >= 0.3 is 0 Å². The van der Waals surface area contributed by atoms with E-state index >= 15 is 0 Å². The zero-order valence-corrected chi connectivity index (χ0v) is 39.4. The molecule has 0 fully saturated rings. The van der Waals surface area contributed by atoms with Crippen molar-refractivity contribution in [1.82, 2.24) is 0 Å². The third kappa shape index (κ3) is 10.7.